The van der Waals surface area contributed by atoms with Gasteiger partial charge in [-0.2, -0.15) is 9.78 Å². The molecule has 33 heavy (non-hydrogen) atoms. The van der Waals surface area contributed by atoms with Gasteiger partial charge in [-0.3, -0.25) is 9.59 Å². The van der Waals surface area contributed by atoms with Crippen molar-refractivity contribution in [3.63, 3.8) is 0 Å². The lowest BCUT2D eigenvalue weighted by atomic mass is 10.1. The first kappa shape index (κ1) is 21.2. The summed E-state index contributed by atoms with van der Waals surface area (Å²) in [6.45, 7) is 0.00868. The highest BCUT2D eigenvalue weighted by molar-refractivity contribution is 5.98. The fraction of sp³-hybridized carbons (Fsp3) is 0.0500. The number of nitrogen functional groups attached to an aromatic ring is 1. The molecular formula is C20H18N10O3. The normalized spacial score (nSPS) is 10.9. The number of amides is 2. The monoisotopic (exact) mass is 446 g/mol. The van der Waals surface area contributed by atoms with Crippen molar-refractivity contribution in [1.82, 2.24) is 30.7 Å². The molecule has 13 nitrogen and oxygen atoms in total. The Kier molecular flexibility index (Phi) is 6.02. The number of hydrazone groups is 1. The highest BCUT2D eigenvalue weighted by Crippen LogP contribution is 2.19. The van der Waals surface area contributed by atoms with E-state index in [4.69, 9.17) is 11.5 Å². The number of anilines is 2. The summed E-state index contributed by atoms with van der Waals surface area (Å²) in [4.78, 5) is 24.5. The molecule has 0 radical (unpaired) electrons. The van der Waals surface area contributed by atoms with Gasteiger partial charge in [0.2, 0.25) is 11.6 Å². The van der Waals surface area contributed by atoms with E-state index in [2.05, 4.69) is 41.1 Å². The van der Waals surface area contributed by atoms with Gasteiger partial charge in [-0.1, -0.05) is 47.7 Å². The number of nitrogens with one attached hydrogen (secondary N) is 2. The number of nitrogens with zero attached hydrogens (tertiary/aromatic N) is 6. The Morgan fingerprint density at radius 3 is 2.58 bits per heavy atom. The highest BCUT2D eigenvalue weighted by Gasteiger charge is 2.24. The summed E-state index contributed by atoms with van der Waals surface area (Å²) in [5.74, 6) is -1.23. The molecule has 0 aliphatic carbocycles. The second kappa shape index (κ2) is 9.38. The van der Waals surface area contributed by atoms with E-state index in [0.717, 1.165) is 5.56 Å². The Bertz CT molecular complexity index is 1310. The van der Waals surface area contributed by atoms with Gasteiger partial charge < -0.3 is 16.8 Å². The number of carbonyl (C=O) groups excluding carboxylic acids is 2. The van der Waals surface area contributed by atoms with Gasteiger partial charge in [0.25, 0.3) is 11.8 Å². The lowest BCUT2D eigenvalue weighted by Gasteiger charge is -2.11. The molecule has 0 fully saturated rings. The smallest absolute Gasteiger partial charge is 0.293 e. The third-order valence-electron chi connectivity index (χ3n) is 4.49. The van der Waals surface area contributed by atoms with Gasteiger partial charge in [-0.25, -0.2) is 10.1 Å². The van der Waals surface area contributed by atoms with Crippen molar-refractivity contribution in [2.75, 3.05) is 11.1 Å². The molecule has 4 rings (SSSR count). The summed E-state index contributed by atoms with van der Waals surface area (Å²) in [6.07, 6.45) is 1.49. The van der Waals surface area contributed by atoms with Crippen molar-refractivity contribution in [2.24, 2.45) is 10.8 Å². The molecule has 0 spiro atoms. The first-order valence-electron chi connectivity index (χ1n) is 9.58. The van der Waals surface area contributed by atoms with Crippen molar-refractivity contribution < 1.29 is 14.2 Å². The number of rotatable bonds is 8. The molecule has 0 saturated carbocycles. The molecule has 0 aliphatic heterocycles. The van der Waals surface area contributed by atoms with E-state index < -0.39 is 11.8 Å². The number of hydrogen-bond donors (Lipinski definition) is 4. The maximum absolute atomic E-state index is 12.8. The first-order valence-corrected chi connectivity index (χ1v) is 9.58. The minimum Gasteiger partial charge on any atom is -0.379 e. The predicted molar refractivity (Wildman–Crippen MR) is 117 cm³/mol. The van der Waals surface area contributed by atoms with Crippen molar-refractivity contribution in [1.29, 1.82) is 0 Å². The molecule has 0 atom stereocenters. The highest BCUT2D eigenvalue weighted by atomic mass is 16.6. The molecule has 4 aromatic rings. The number of benzene rings is 2. The number of aromatic nitrogens is 5. The van der Waals surface area contributed by atoms with Gasteiger partial charge in [-0.05, 0) is 28.0 Å². The van der Waals surface area contributed by atoms with Crippen LogP contribution >= 0.6 is 0 Å². The van der Waals surface area contributed by atoms with Gasteiger partial charge >= 0.3 is 0 Å². The van der Waals surface area contributed by atoms with Crippen LogP contribution < -0.4 is 22.2 Å². The summed E-state index contributed by atoms with van der Waals surface area (Å²) in [5, 5.41) is 22.1. The van der Waals surface area contributed by atoms with Crippen molar-refractivity contribution in [3.8, 4) is 5.82 Å². The molecule has 2 amide bonds. The van der Waals surface area contributed by atoms with Crippen LogP contribution in [0.5, 0.6) is 0 Å². The first-order chi connectivity index (χ1) is 16.0. The average Bonchev–Trinajstić information content (AvgIpc) is 3.44. The molecule has 2 aromatic heterocycles. The fourth-order valence-corrected chi connectivity index (χ4v) is 2.93. The molecule has 166 valence electrons. The zero-order valence-corrected chi connectivity index (χ0v) is 17.0. The Hall–Kier alpha value is -5.07. The summed E-state index contributed by atoms with van der Waals surface area (Å²) in [7, 11) is 0. The quantitative estimate of drug-likeness (QED) is 0.223. The summed E-state index contributed by atoms with van der Waals surface area (Å²) < 4.78 is 5.84. The molecule has 2 aromatic carbocycles. The molecule has 0 bridgehead atoms. The second-order valence-corrected chi connectivity index (χ2v) is 6.64. The van der Waals surface area contributed by atoms with Crippen LogP contribution in [-0.2, 0) is 6.54 Å². The second-order valence-electron chi connectivity index (χ2n) is 6.64. The summed E-state index contributed by atoms with van der Waals surface area (Å²) in [6, 6.07) is 15.9. The van der Waals surface area contributed by atoms with Crippen molar-refractivity contribution in [2.45, 2.75) is 6.54 Å². The third kappa shape index (κ3) is 4.66. The Labute approximate surface area is 186 Å². The molecule has 13 heteroatoms. The van der Waals surface area contributed by atoms with E-state index in [1.165, 1.54) is 10.9 Å². The Morgan fingerprint density at radius 2 is 1.85 bits per heavy atom. The molecule has 6 N–H and O–H groups in total. The molecule has 2 heterocycles. The van der Waals surface area contributed by atoms with E-state index in [1.54, 1.807) is 24.3 Å². The summed E-state index contributed by atoms with van der Waals surface area (Å²) in [5.41, 5.74) is 15.4. The topological polar surface area (TPSA) is 192 Å². The molecule has 0 aliphatic rings. The SMILES string of the molecule is NC(=O)c1ccccc1NCc1c(C(=O)N/N=C/c2ccccc2)nnn1-c1nonc1N. The van der Waals surface area contributed by atoms with Crippen LogP contribution in [0.4, 0.5) is 11.5 Å². The maximum Gasteiger partial charge on any atom is 0.293 e. The zero-order valence-electron chi connectivity index (χ0n) is 17.0. The van der Waals surface area contributed by atoms with E-state index >= 15 is 0 Å². The molecule has 0 saturated heterocycles. The number of carbonyl (C=O) groups is 2. The lowest BCUT2D eigenvalue weighted by Crippen LogP contribution is -2.22. The van der Waals surface area contributed by atoms with Gasteiger partial charge in [0.1, 0.15) is 0 Å². The van der Waals surface area contributed by atoms with Gasteiger partial charge in [0.15, 0.2) is 5.69 Å². The number of nitrogens with two attached hydrogens (primary N) is 2. The summed E-state index contributed by atoms with van der Waals surface area (Å²) >= 11 is 0. The van der Waals surface area contributed by atoms with E-state index in [9.17, 15) is 9.59 Å². The molecular weight excluding hydrogens is 428 g/mol. The van der Waals surface area contributed by atoms with E-state index in [-0.39, 0.29) is 35.1 Å². The third-order valence-corrected chi connectivity index (χ3v) is 4.49. The van der Waals surface area contributed by atoms with Crippen LogP contribution in [-0.4, -0.2) is 43.3 Å². The minimum atomic E-state index is -0.622. The van der Waals surface area contributed by atoms with Crippen LogP contribution in [0.25, 0.3) is 5.82 Å². The van der Waals surface area contributed by atoms with Crippen LogP contribution in [0.1, 0.15) is 32.1 Å². The van der Waals surface area contributed by atoms with Crippen LogP contribution in [0, 0.1) is 0 Å². The number of hydrogen-bond acceptors (Lipinski definition) is 10. The van der Waals surface area contributed by atoms with Gasteiger partial charge in [0.05, 0.1) is 24.0 Å². The lowest BCUT2D eigenvalue weighted by molar-refractivity contribution is 0.0947. The Morgan fingerprint density at radius 1 is 1.09 bits per heavy atom. The van der Waals surface area contributed by atoms with Crippen molar-refractivity contribution in [3.05, 3.63) is 77.1 Å². The predicted octanol–water partition coefficient (Wildman–Crippen LogP) is 0.707. The van der Waals surface area contributed by atoms with Crippen LogP contribution in [0.15, 0.2) is 64.3 Å². The van der Waals surface area contributed by atoms with E-state index in [0.29, 0.717) is 5.69 Å². The minimum absolute atomic E-state index is 0.00868. The van der Waals surface area contributed by atoms with Crippen LogP contribution in [0.2, 0.25) is 0 Å². The largest absolute Gasteiger partial charge is 0.379 e. The number of para-hydroxylation sites is 1. The van der Waals surface area contributed by atoms with Crippen molar-refractivity contribution >= 4 is 29.5 Å². The Balaban J connectivity index is 1.62. The number of primary amides is 1. The maximum atomic E-state index is 12.8. The van der Waals surface area contributed by atoms with Gasteiger partial charge in [0, 0.05) is 5.69 Å². The average molecular weight is 446 g/mol. The van der Waals surface area contributed by atoms with Gasteiger partial charge in [-0.15, -0.1) is 5.10 Å². The van der Waals surface area contributed by atoms with E-state index in [1.807, 2.05) is 30.3 Å². The standard InChI is InChI=1S/C20H18N10O3/c21-17-19(28-33-27-17)30-15(11-23-14-9-5-4-8-13(14)18(22)31)16(25-29-30)20(32)26-24-10-12-6-2-1-3-7-12/h1-10,23H,11H2,(H2,21,27)(H2,22,31)(H,26,32)/b24-10+. The zero-order chi connectivity index (χ0) is 23.2. The molecule has 0 unspecified atom stereocenters. The van der Waals surface area contributed by atoms with Crippen LogP contribution in [0.3, 0.4) is 0 Å². The fourth-order valence-electron chi connectivity index (χ4n) is 2.93.